The average molecular weight is 230 g/mol. The van der Waals surface area contributed by atoms with Gasteiger partial charge in [0.15, 0.2) is 0 Å². The van der Waals surface area contributed by atoms with Crippen LogP contribution in [-0.4, -0.2) is 16.4 Å². The smallest absolute Gasteiger partial charge is 0.232 e. The average Bonchev–Trinajstić information content (AvgIpc) is 2.12. The van der Waals surface area contributed by atoms with E-state index >= 15 is 0 Å². The maximum Gasteiger partial charge on any atom is 0.232 e. The van der Waals surface area contributed by atoms with Crippen molar-refractivity contribution in [1.82, 2.24) is 9.97 Å². The lowest BCUT2D eigenvalue weighted by Crippen LogP contribution is -2.03. The third-order valence-electron chi connectivity index (χ3n) is 1.37. The topological polar surface area (TPSA) is 54.9 Å². The van der Waals surface area contributed by atoms with Crippen molar-refractivity contribution in [3.63, 3.8) is 0 Å². The number of terminal acetylenes is 1. The van der Waals surface area contributed by atoms with Crippen LogP contribution in [0.4, 0.5) is 5.95 Å². The summed E-state index contributed by atoms with van der Waals surface area (Å²) in [6, 6.07) is 0. The summed E-state index contributed by atoms with van der Waals surface area (Å²) in [5.74, 6) is 2.43. The summed E-state index contributed by atoms with van der Waals surface area (Å²) >= 11 is 11.5. The van der Waals surface area contributed by atoms with E-state index in [9.17, 15) is 4.79 Å². The maximum absolute atomic E-state index is 10.1. The normalized spacial score (nSPS) is 9.21. The first-order valence-corrected chi connectivity index (χ1v) is 4.30. The molecule has 0 atom stereocenters. The Morgan fingerprint density at radius 2 is 2.00 bits per heavy atom. The van der Waals surface area contributed by atoms with Gasteiger partial charge < -0.3 is 0 Å². The molecular weight excluding hydrogens is 225 g/mol. The first kappa shape index (κ1) is 10.8. The van der Waals surface area contributed by atoms with Crippen molar-refractivity contribution < 1.29 is 4.79 Å². The molecule has 0 saturated heterocycles. The minimum absolute atomic E-state index is 0.0516. The lowest BCUT2D eigenvalue weighted by Gasteiger charge is -2.03. The summed E-state index contributed by atoms with van der Waals surface area (Å²) in [6.07, 6.45) is 5.78. The second-order valence-electron chi connectivity index (χ2n) is 2.25. The quantitative estimate of drug-likeness (QED) is 0.486. The Hall–Kier alpha value is -1.31. The van der Waals surface area contributed by atoms with Crippen molar-refractivity contribution >= 4 is 35.6 Å². The van der Waals surface area contributed by atoms with Crippen LogP contribution in [0.3, 0.4) is 0 Å². The molecule has 0 bridgehead atoms. The number of halogens is 2. The highest BCUT2D eigenvalue weighted by Crippen LogP contribution is 2.22. The number of carbonyl (C=O) groups excluding carboxylic acids is 1. The van der Waals surface area contributed by atoms with E-state index in [-0.39, 0.29) is 22.7 Å². The van der Waals surface area contributed by atoms with Gasteiger partial charge in [0.1, 0.15) is 10.3 Å². The van der Waals surface area contributed by atoms with E-state index in [1.54, 1.807) is 0 Å². The minimum Gasteiger partial charge on any atom is -0.297 e. The highest BCUT2D eigenvalue weighted by Gasteiger charge is 2.09. The van der Waals surface area contributed by atoms with Crippen molar-refractivity contribution in [3.8, 4) is 12.3 Å². The number of anilines is 1. The number of nitrogens with one attached hydrogen (secondary N) is 1. The Balaban J connectivity index is 3.12. The molecular formula is C8H5Cl2N3O. The van der Waals surface area contributed by atoms with Gasteiger partial charge in [0.2, 0.25) is 12.4 Å². The number of hydrogen-bond donors (Lipinski definition) is 1. The highest BCUT2D eigenvalue weighted by molar-refractivity contribution is 6.34. The maximum atomic E-state index is 10.1. The zero-order valence-electron chi connectivity index (χ0n) is 6.92. The lowest BCUT2D eigenvalue weighted by atomic mass is 10.2. The summed E-state index contributed by atoms with van der Waals surface area (Å²) in [4.78, 5) is 17.6. The Labute approximate surface area is 90.6 Å². The fourth-order valence-corrected chi connectivity index (χ4v) is 1.32. The van der Waals surface area contributed by atoms with Crippen LogP contribution in [0, 0.1) is 12.3 Å². The van der Waals surface area contributed by atoms with E-state index in [0.29, 0.717) is 12.0 Å². The predicted octanol–water partition coefficient (Wildman–Crippen LogP) is 1.53. The summed E-state index contributed by atoms with van der Waals surface area (Å²) in [7, 11) is 0. The molecule has 0 fully saturated rings. The zero-order chi connectivity index (χ0) is 10.6. The fourth-order valence-electron chi connectivity index (χ4n) is 0.796. The minimum atomic E-state index is 0.0516. The fraction of sp³-hybridized carbons (Fsp3) is 0.125. The highest BCUT2D eigenvalue weighted by atomic mass is 35.5. The molecule has 1 heterocycles. The molecule has 0 radical (unpaired) electrons. The molecule has 0 aromatic carbocycles. The van der Waals surface area contributed by atoms with E-state index < -0.39 is 0 Å². The van der Waals surface area contributed by atoms with E-state index in [0.717, 1.165) is 0 Å². The Bertz CT molecular complexity index is 377. The van der Waals surface area contributed by atoms with E-state index in [2.05, 4.69) is 21.2 Å². The molecule has 1 rings (SSSR count). The number of rotatable bonds is 3. The standard InChI is InChI=1S/C8H5Cl2N3O/c1-2-3-5-6(9)12-8(11-4-14)13-7(5)10/h1,4H,3H2,(H,11,12,13,14). The molecule has 0 unspecified atom stereocenters. The number of hydrogen-bond acceptors (Lipinski definition) is 3. The summed E-state index contributed by atoms with van der Waals surface area (Å²) < 4.78 is 0. The van der Waals surface area contributed by atoms with Gasteiger partial charge >= 0.3 is 0 Å². The second-order valence-corrected chi connectivity index (χ2v) is 2.97. The first-order valence-electron chi connectivity index (χ1n) is 3.54. The Kier molecular flexibility index (Phi) is 3.69. The molecule has 0 aliphatic rings. The van der Waals surface area contributed by atoms with Crippen molar-refractivity contribution in [2.45, 2.75) is 6.42 Å². The number of carbonyl (C=O) groups is 1. The molecule has 0 saturated carbocycles. The third-order valence-corrected chi connectivity index (χ3v) is 2.00. The van der Waals surface area contributed by atoms with Gasteiger partial charge in [-0.05, 0) is 0 Å². The third kappa shape index (κ3) is 2.34. The SMILES string of the molecule is C#CCc1c(Cl)nc(NC=O)nc1Cl. The number of nitrogens with zero attached hydrogens (tertiary/aromatic N) is 2. The van der Waals surface area contributed by atoms with Crippen LogP contribution in [0.25, 0.3) is 0 Å². The van der Waals surface area contributed by atoms with Crippen LogP contribution < -0.4 is 5.32 Å². The molecule has 1 aromatic heterocycles. The first-order chi connectivity index (χ1) is 6.69. The molecule has 0 aliphatic heterocycles. The van der Waals surface area contributed by atoms with Gasteiger partial charge in [-0.1, -0.05) is 23.2 Å². The van der Waals surface area contributed by atoms with Gasteiger partial charge in [-0.3, -0.25) is 10.1 Å². The lowest BCUT2D eigenvalue weighted by molar-refractivity contribution is -0.105. The zero-order valence-corrected chi connectivity index (χ0v) is 8.43. The Morgan fingerprint density at radius 1 is 1.43 bits per heavy atom. The monoisotopic (exact) mass is 229 g/mol. The molecule has 1 amide bonds. The number of aromatic nitrogens is 2. The summed E-state index contributed by atoms with van der Waals surface area (Å²) in [5, 5.41) is 2.53. The van der Waals surface area contributed by atoms with Crippen LogP contribution in [0.2, 0.25) is 10.3 Å². The summed E-state index contributed by atoms with van der Waals surface area (Å²) in [5.41, 5.74) is 0.479. The molecule has 72 valence electrons. The molecule has 4 nitrogen and oxygen atoms in total. The molecule has 0 spiro atoms. The molecule has 0 aliphatic carbocycles. The van der Waals surface area contributed by atoms with Crippen LogP contribution >= 0.6 is 23.2 Å². The van der Waals surface area contributed by atoms with Crippen molar-refractivity contribution in [1.29, 1.82) is 0 Å². The van der Waals surface area contributed by atoms with Crippen LogP contribution in [0.15, 0.2) is 0 Å². The van der Waals surface area contributed by atoms with Crippen molar-refractivity contribution in [2.24, 2.45) is 0 Å². The van der Waals surface area contributed by atoms with Gasteiger partial charge in [0, 0.05) is 12.0 Å². The second kappa shape index (κ2) is 4.80. The predicted molar refractivity (Wildman–Crippen MR) is 54.3 cm³/mol. The van der Waals surface area contributed by atoms with Gasteiger partial charge in [-0.2, -0.15) is 0 Å². The van der Waals surface area contributed by atoms with Gasteiger partial charge in [0.05, 0.1) is 0 Å². The van der Waals surface area contributed by atoms with Crippen LogP contribution in [0.1, 0.15) is 5.56 Å². The number of amides is 1. The van der Waals surface area contributed by atoms with Crippen molar-refractivity contribution in [3.05, 3.63) is 15.9 Å². The largest absolute Gasteiger partial charge is 0.297 e. The van der Waals surface area contributed by atoms with E-state index in [4.69, 9.17) is 29.6 Å². The van der Waals surface area contributed by atoms with Gasteiger partial charge in [-0.25, -0.2) is 9.97 Å². The summed E-state index contributed by atoms with van der Waals surface area (Å²) in [6.45, 7) is 0. The van der Waals surface area contributed by atoms with Gasteiger partial charge in [0.25, 0.3) is 0 Å². The van der Waals surface area contributed by atoms with Crippen LogP contribution in [-0.2, 0) is 11.2 Å². The Morgan fingerprint density at radius 3 is 2.43 bits per heavy atom. The van der Waals surface area contributed by atoms with E-state index in [1.807, 2.05) is 0 Å². The molecule has 1 aromatic rings. The van der Waals surface area contributed by atoms with Gasteiger partial charge in [-0.15, -0.1) is 12.3 Å². The molecule has 14 heavy (non-hydrogen) atoms. The van der Waals surface area contributed by atoms with Crippen molar-refractivity contribution in [2.75, 3.05) is 5.32 Å². The van der Waals surface area contributed by atoms with E-state index in [1.165, 1.54) is 0 Å². The van der Waals surface area contributed by atoms with Crippen LogP contribution in [0.5, 0.6) is 0 Å². The molecule has 1 N–H and O–H groups in total. The molecule has 6 heteroatoms.